The number of hydrogen-bond donors (Lipinski definition) is 1. The number of aryl methyl sites for hydroxylation is 1. The third-order valence-corrected chi connectivity index (χ3v) is 2.68. The fraction of sp³-hybridized carbons (Fsp3) is 0.286. The number of anilines is 1. The SMILES string of the molecule is CCOC(=O)/C=C(\C)Nc1cnc2c(C)cccn12. The number of fused-ring (bicyclic) bond motifs is 1. The number of carbonyl (C=O) groups is 1. The van der Waals surface area contributed by atoms with Gasteiger partial charge < -0.3 is 10.1 Å². The molecule has 0 amide bonds. The van der Waals surface area contributed by atoms with E-state index in [4.69, 9.17) is 4.74 Å². The van der Waals surface area contributed by atoms with Crippen LogP contribution in [0.25, 0.3) is 5.65 Å². The number of imidazole rings is 1. The normalized spacial score (nSPS) is 11.6. The molecule has 0 spiro atoms. The standard InChI is InChI=1S/C14H17N3O2/c1-4-19-13(18)8-11(3)16-12-9-15-14-10(2)6-5-7-17(12)14/h5-9,16H,4H2,1-3H3/b11-8+. The summed E-state index contributed by atoms with van der Waals surface area (Å²) in [4.78, 5) is 15.7. The lowest BCUT2D eigenvalue weighted by atomic mass is 10.3. The van der Waals surface area contributed by atoms with Gasteiger partial charge in [-0.2, -0.15) is 0 Å². The van der Waals surface area contributed by atoms with E-state index in [0.29, 0.717) is 12.3 Å². The maximum Gasteiger partial charge on any atom is 0.332 e. The molecule has 0 aliphatic rings. The predicted octanol–water partition coefficient (Wildman–Crippen LogP) is 2.52. The summed E-state index contributed by atoms with van der Waals surface area (Å²) in [6.07, 6.45) is 5.10. The number of pyridine rings is 1. The largest absolute Gasteiger partial charge is 0.463 e. The van der Waals surface area contributed by atoms with Gasteiger partial charge in [-0.1, -0.05) is 6.07 Å². The molecule has 0 bridgehead atoms. The average molecular weight is 259 g/mol. The Morgan fingerprint density at radius 2 is 2.37 bits per heavy atom. The molecule has 0 aliphatic carbocycles. The third kappa shape index (κ3) is 2.93. The minimum atomic E-state index is -0.350. The minimum absolute atomic E-state index is 0.350. The fourth-order valence-electron chi connectivity index (χ4n) is 1.84. The topological polar surface area (TPSA) is 55.6 Å². The molecular weight excluding hydrogens is 242 g/mol. The molecule has 100 valence electrons. The number of nitrogens with zero attached hydrogens (tertiary/aromatic N) is 2. The second-order valence-electron chi connectivity index (χ2n) is 4.23. The molecule has 5 heteroatoms. The summed E-state index contributed by atoms with van der Waals surface area (Å²) in [5, 5.41) is 3.14. The van der Waals surface area contributed by atoms with Gasteiger partial charge in [0.1, 0.15) is 11.5 Å². The van der Waals surface area contributed by atoms with E-state index in [9.17, 15) is 4.79 Å². The van der Waals surface area contributed by atoms with Gasteiger partial charge in [0.05, 0.1) is 12.8 Å². The molecule has 19 heavy (non-hydrogen) atoms. The summed E-state index contributed by atoms with van der Waals surface area (Å²) in [6.45, 7) is 5.97. The summed E-state index contributed by atoms with van der Waals surface area (Å²) in [7, 11) is 0. The second-order valence-corrected chi connectivity index (χ2v) is 4.23. The van der Waals surface area contributed by atoms with E-state index in [0.717, 1.165) is 17.0 Å². The van der Waals surface area contributed by atoms with Crippen molar-refractivity contribution in [1.82, 2.24) is 9.38 Å². The van der Waals surface area contributed by atoms with Gasteiger partial charge in [-0.05, 0) is 32.4 Å². The van der Waals surface area contributed by atoms with Crippen LogP contribution in [0.1, 0.15) is 19.4 Å². The van der Waals surface area contributed by atoms with Crippen LogP contribution in [-0.2, 0) is 9.53 Å². The van der Waals surface area contributed by atoms with E-state index in [2.05, 4.69) is 10.3 Å². The van der Waals surface area contributed by atoms with E-state index in [1.54, 1.807) is 13.1 Å². The molecule has 0 saturated carbocycles. The highest BCUT2D eigenvalue weighted by molar-refractivity contribution is 5.83. The van der Waals surface area contributed by atoms with Gasteiger partial charge >= 0.3 is 5.97 Å². The van der Waals surface area contributed by atoms with Crippen LogP contribution in [0, 0.1) is 6.92 Å². The molecule has 5 nitrogen and oxygen atoms in total. The van der Waals surface area contributed by atoms with Crippen LogP contribution in [0.4, 0.5) is 5.82 Å². The van der Waals surface area contributed by atoms with Crippen molar-refractivity contribution >= 4 is 17.4 Å². The Hall–Kier alpha value is -2.30. The van der Waals surface area contributed by atoms with Gasteiger partial charge in [0.15, 0.2) is 0 Å². The molecule has 1 N–H and O–H groups in total. The van der Waals surface area contributed by atoms with Crippen molar-refractivity contribution in [2.45, 2.75) is 20.8 Å². The van der Waals surface area contributed by atoms with Crippen LogP contribution in [0.3, 0.4) is 0 Å². The summed E-state index contributed by atoms with van der Waals surface area (Å²) >= 11 is 0. The van der Waals surface area contributed by atoms with Crippen molar-refractivity contribution in [3.05, 3.63) is 41.9 Å². The molecule has 0 atom stereocenters. The second kappa shape index (κ2) is 5.56. The van der Waals surface area contributed by atoms with Crippen LogP contribution in [-0.4, -0.2) is 22.0 Å². The van der Waals surface area contributed by atoms with Gasteiger partial charge in [-0.25, -0.2) is 9.78 Å². The maximum absolute atomic E-state index is 11.3. The minimum Gasteiger partial charge on any atom is -0.463 e. The fourth-order valence-corrected chi connectivity index (χ4v) is 1.84. The van der Waals surface area contributed by atoms with E-state index < -0.39 is 0 Å². The van der Waals surface area contributed by atoms with Crippen LogP contribution in [0.5, 0.6) is 0 Å². The lowest BCUT2D eigenvalue weighted by Gasteiger charge is -2.06. The first-order valence-corrected chi connectivity index (χ1v) is 6.16. The number of hydrogen-bond acceptors (Lipinski definition) is 4. The van der Waals surface area contributed by atoms with Gasteiger partial charge in [0, 0.05) is 18.0 Å². The number of esters is 1. The van der Waals surface area contributed by atoms with Crippen molar-refractivity contribution in [3.63, 3.8) is 0 Å². The number of nitrogens with one attached hydrogen (secondary N) is 1. The first-order chi connectivity index (χ1) is 9.11. The number of rotatable bonds is 4. The molecule has 0 fully saturated rings. The summed E-state index contributed by atoms with van der Waals surface area (Å²) < 4.78 is 6.80. The molecule has 0 saturated heterocycles. The van der Waals surface area contributed by atoms with E-state index in [1.807, 2.05) is 36.6 Å². The van der Waals surface area contributed by atoms with Crippen LogP contribution >= 0.6 is 0 Å². The monoisotopic (exact) mass is 259 g/mol. The first kappa shape index (κ1) is 13.1. The van der Waals surface area contributed by atoms with E-state index >= 15 is 0 Å². The smallest absolute Gasteiger partial charge is 0.332 e. The zero-order valence-electron chi connectivity index (χ0n) is 11.3. The summed E-state index contributed by atoms with van der Waals surface area (Å²) in [5.74, 6) is 0.467. The molecule has 2 aromatic rings. The Bertz CT molecular complexity index is 629. The zero-order chi connectivity index (χ0) is 13.8. The average Bonchev–Trinajstić information content (AvgIpc) is 2.74. The van der Waals surface area contributed by atoms with Crippen molar-refractivity contribution < 1.29 is 9.53 Å². The Labute approximate surface area is 111 Å². The molecular formula is C14H17N3O2. The van der Waals surface area contributed by atoms with Crippen molar-refractivity contribution in [2.24, 2.45) is 0 Å². The van der Waals surface area contributed by atoms with Gasteiger partial charge in [-0.3, -0.25) is 4.40 Å². The van der Waals surface area contributed by atoms with Gasteiger partial charge in [0.2, 0.25) is 0 Å². The van der Waals surface area contributed by atoms with Crippen LogP contribution < -0.4 is 5.32 Å². The number of ether oxygens (including phenoxy) is 1. The molecule has 0 aliphatic heterocycles. The third-order valence-electron chi connectivity index (χ3n) is 2.68. The zero-order valence-corrected chi connectivity index (χ0v) is 11.3. The molecule has 2 aromatic heterocycles. The quantitative estimate of drug-likeness (QED) is 0.677. The highest BCUT2D eigenvalue weighted by Crippen LogP contribution is 2.16. The lowest BCUT2D eigenvalue weighted by Crippen LogP contribution is -2.05. The highest BCUT2D eigenvalue weighted by atomic mass is 16.5. The Kier molecular flexibility index (Phi) is 3.85. The molecule has 0 unspecified atom stereocenters. The summed E-state index contributed by atoms with van der Waals surface area (Å²) in [6, 6.07) is 3.97. The molecule has 2 heterocycles. The first-order valence-electron chi connectivity index (χ1n) is 6.16. The molecule has 0 radical (unpaired) electrons. The number of carbonyl (C=O) groups excluding carboxylic acids is 1. The Morgan fingerprint density at radius 1 is 1.58 bits per heavy atom. The van der Waals surface area contributed by atoms with Crippen LogP contribution in [0.15, 0.2) is 36.3 Å². The van der Waals surface area contributed by atoms with Gasteiger partial charge in [0.25, 0.3) is 0 Å². The van der Waals surface area contributed by atoms with Crippen molar-refractivity contribution in [2.75, 3.05) is 11.9 Å². The molecule has 2 rings (SSSR count). The van der Waals surface area contributed by atoms with E-state index in [1.165, 1.54) is 6.08 Å². The molecule has 0 aromatic carbocycles. The number of allylic oxidation sites excluding steroid dienone is 1. The van der Waals surface area contributed by atoms with Crippen molar-refractivity contribution in [3.8, 4) is 0 Å². The van der Waals surface area contributed by atoms with Crippen LogP contribution in [0.2, 0.25) is 0 Å². The maximum atomic E-state index is 11.3. The van der Waals surface area contributed by atoms with E-state index in [-0.39, 0.29) is 5.97 Å². The highest BCUT2D eigenvalue weighted by Gasteiger charge is 2.05. The lowest BCUT2D eigenvalue weighted by molar-refractivity contribution is -0.137. The Balaban J connectivity index is 2.22. The van der Waals surface area contributed by atoms with Gasteiger partial charge in [-0.15, -0.1) is 0 Å². The number of aromatic nitrogens is 2. The predicted molar refractivity (Wildman–Crippen MR) is 73.9 cm³/mol. The summed E-state index contributed by atoms with van der Waals surface area (Å²) in [5.41, 5.74) is 2.71. The van der Waals surface area contributed by atoms with Crippen molar-refractivity contribution in [1.29, 1.82) is 0 Å². The Morgan fingerprint density at radius 3 is 3.11 bits per heavy atom.